The highest BCUT2D eigenvalue weighted by Gasteiger charge is 2.23. The quantitative estimate of drug-likeness (QED) is 0.323. The first-order valence-corrected chi connectivity index (χ1v) is 15.2. The van der Waals surface area contributed by atoms with Crippen LogP contribution in [0.15, 0.2) is 88.2 Å². The number of hydrogen-bond acceptors (Lipinski definition) is 7. The molecule has 39 heavy (non-hydrogen) atoms. The summed E-state index contributed by atoms with van der Waals surface area (Å²) in [4.78, 5) is 4.56. The second-order valence-corrected chi connectivity index (χ2v) is 12.2. The third-order valence-electron chi connectivity index (χ3n) is 6.61. The van der Waals surface area contributed by atoms with Crippen LogP contribution in [0.2, 0.25) is 0 Å². The molecule has 0 amide bonds. The van der Waals surface area contributed by atoms with E-state index in [1.165, 1.54) is 0 Å². The van der Waals surface area contributed by atoms with Crippen LogP contribution in [-0.2, 0) is 21.2 Å². The largest absolute Gasteiger partial charge is 0.389 e. The highest BCUT2D eigenvalue weighted by Crippen LogP contribution is 2.21. The lowest BCUT2D eigenvalue weighted by Crippen LogP contribution is -2.49. The number of nitriles is 1. The topological polar surface area (TPSA) is 106 Å². The Balaban J connectivity index is 1.28. The van der Waals surface area contributed by atoms with Gasteiger partial charge in [0.25, 0.3) is 0 Å². The molecule has 0 saturated carbocycles. The monoisotopic (exact) mass is 612 g/mol. The zero-order chi connectivity index (χ0) is 27.7. The Hall–Kier alpha value is -2.78. The van der Waals surface area contributed by atoms with Crippen molar-refractivity contribution in [3.8, 4) is 6.07 Å². The summed E-state index contributed by atoms with van der Waals surface area (Å²) in [6, 6.07) is 25.5. The van der Waals surface area contributed by atoms with Crippen molar-refractivity contribution in [2.24, 2.45) is 0 Å². The van der Waals surface area contributed by atoms with E-state index in [9.17, 15) is 18.8 Å². The van der Waals surface area contributed by atoms with Gasteiger partial charge in [0, 0.05) is 43.2 Å². The van der Waals surface area contributed by atoms with Gasteiger partial charge in [-0.1, -0.05) is 58.4 Å². The molecule has 1 saturated heterocycles. The van der Waals surface area contributed by atoms with Crippen molar-refractivity contribution in [3.05, 3.63) is 94.5 Å². The minimum Gasteiger partial charge on any atom is -0.389 e. The second kappa shape index (κ2) is 14.0. The summed E-state index contributed by atoms with van der Waals surface area (Å²) in [7, 11) is -3.75. The van der Waals surface area contributed by atoms with Gasteiger partial charge in [0.1, 0.15) is 6.07 Å². The summed E-state index contributed by atoms with van der Waals surface area (Å²) in [5, 5.41) is 20.0. The maximum atomic E-state index is 13.0. The molecule has 1 heterocycles. The fourth-order valence-electron chi connectivity index (χ4n) is 4.65. The number of halogens is 1. The lowest BCUT2D eigenvalue weighted by Gasteiger charge is -2.37. The predicted octanol–water partition coefficient (Wildman–Crippen LogP) is 3.41. The number of rotatable bonds is 12. The van der Waals surface area contributed by atoms with E-state index in [4.69, 9.17) is 4.74 Å². The Labute approximate surface area is 239 Å². The molecule has 10 heteroatoms. The number of benzene rings is 3. The summed E-state index contributed by atoms with van der Waals surface area (Å²) in [5.41, 5.74) is 2.60. The normalized spacial score (nSPS) is 16.0. The Kier molecular flexibility index (Phi) is 10.5. The van der Waals surface area contributed by atoms with Crippen LogP contribution in [0, 0.1) is 11.3 Å². The van der Waals surface area contributed by atoms with Gasteiger partial charge >= 0.3 is 0 Å². The molecule has 4 rings (SSSR count). The lowest BCUT2D eigenvalue weighted by atomic mass is 10.1. The van der Waals surface area contributed by atoms with Gasteiger partial charge in [-0.15, -0.1) is 0 Å². The number of piperazine rings is 1. The Bertz CT molecular complexity index is 1340. The standard InChI is InChI=1S/C29H33BrN4O4S/c30-25-10-12-28(13-11-25)39(36,37)32-26(18-23-6-2-1-3-7-23)21-38-22-27(35)20-33-14-16-34(17-15-33)29-9-5-4-8-24(29)19-31/h1-13,26-27,32,35H,14-18,20-22H2/t26-,27-/m1/s1. The van der Waals surface area contributed by atoms with Crippen molar-refractivity contribution in [3.63, 3.8) is 0 Å². The number of anilines is 1. The molecule has 0 bridgehead atoms. The van der Waals surface area contributed by atoms with Crippen LogP contribution in [0.5, 0.6) is 0 Å². The van der Waals surface area contributed by atoms with Gasteiger partial charge in [0.2, 0.25) is 10.0 Å². The fourth-order valence-corrected chi connectivity index (χ4v) is 6.13. The van der Waals surface area contributed by atoms with Gasteiger partial charge in [0.15, 0.2) is 0 Å². The number of aliphatic hydroxyl groups is 1. The van der Waals surface area contributed by atoms with Gasteiger partial charge in [-0.3, -0.25) is 4.90 Å². The second-order valence-electron chi connectivity index (χ2n) is 9.57. The van der Waals surface area contributed by atoms with Crippen molar-refractivity contribution in [1.82, 2.24) is 9.62 Å². The highest BCUT2D eigenvalue weighted by atomic mass is 79.9. The molecule has 8 nitrogen and oxygen atoms in total. The number of hydrogen-bond donors (Lipinski definition) is 2. The molecule has 1 aliphatic rings. The summed E-state index contributed by atoms with van der Waals surface area (Å²) >= 11 is 3.33. The molecule has 0 spiro atoms. The SMILES string of the molecule is N#Cc1ccccc1N1CCN(C[C@@H](O)COC[C@@H](Cc2ccccc2)NS(=O)(=O)c2ccc(Br)cc2)CC1. The molecule has 0 aromatic heterocycles. The molecule has 1 aliphatic heterocycles. The lowest BCUT2D eigenvalue weighted by molar-refractivity contribution is 0.0105. The van der Waals surface area contributed by atoms with Crippen LogP contribution < -0.4 is 9.62 Å². The highest BCUT2D eigenvalue weighted by molar-refractivity contribution is 9.10. The zero-order valence-corrected chi connectivity index (χ0v) is 24.0. The summed E-state index contributed by atoms with van der Waals surface area (Å²) < 4.78 is 35.4. The van der Waals surface area contributed by atoms with Crippen molar-refractivity contribution >= 4 is 31.6 Å². The predicted molar refractivity (Wildman–Crippen MR) is 155 cm³/mol. The summed E-state index contributed by atoms with van der Waals surface area (Å²) in [6.07, 6.45) is -0.248. The summed E-state index contributed by atoms with van der Waals surface area (Å²) in [6.45, 7) is 3.75. The van der Waals surface area contributed by atoms with Crippen LogP contribution >= 0.6 is 15.9 Å². The van der Waals surface area contributed by atoms with E-state index in [-0.39, 0.29) is 18.1 Å². The third-order valence-corrected chi connectivity index (χ3v) is 8.67. The average Bonchev–Trinajstić information content (AvgIpc) is 2.94. The molecule has 1 fully saturated rings. The first-order valence-electron chi connectivity index (χ1n) is 12.9. The number of β-amino-alcohol motifs (C(OH)–C–C–N with tert-alkyl or cyclic N) is 1. The number of nitrogens with zero attached hydrogens (tertiary/aromatic N) is 3. The van der Waals surface area contributed by atoms with Crippen molar-refractivity contribution in [1.29, 1.82) is 5.26 Å². The van der Waals surface area contributed by atoms with Gasteiger partial charge in [0.05, 0.1) is 35.5 Å². The van der Waals surface area contributed by atoms with E-state index in [1.54, 1.807) is 24.3 Å². The number of sulfonamides is 1. The van der Waals surface area contributed by atoms with Gasteiger partial charge in [-0.25, -0.2) is 13.1 Å². The molecule has 0 unspecified atom stereocenters. The Morgan fingerprint density at radius 2 is 1.62 bits per heavy atom. The summed E-state index contributed by atoms with van der Waals surface area (Å²) in [5.74, 6) is 0. The molecule has 0 aliphatic carbocycles. The van der Waals surface area contributed by atoms with E-state index in [1.807, 2.05) is 54.6 Å². The van der Waals surface area contributed by atoms with E-state index in [2.05, 4.69) is 36.5 Å². The molecule has 3 aromatic rings. The first-order chi connectivity index (χ1) is 18.8. The first kappa shape index (κ1) is 29.2. The van der Waals surface area contributed by atoms with Gasteiger partial charge in [-0.05, 0) is 48.4 Å². The Morgan fingerprint density at radius 3 is 2.31 bits per heavy atom. The van der Waals surface area contributed by atoms with Gasteiger partial charge < -0.3 is 14.7 Å². The zero-order valence-electron chi connectivity index (χ0n) is 21.6. The van der Waals surface area contributed by atoms with Crippen LogP contribution in [0.3, 0.4) is 0 Å². The van der Waals surface area contributed by atoms with Crippen LogP contribution in [0.25, 0.3) is 0 Å². The number of para-hydroxylation sites is 1. The maximum absolute atomic E-state index is 13.0. The van der Waals surface area contributed by atoms with Crippen molar-refractivity contribution < 1.29 is 18.3 Å². The van der Waals surface area contributed by atoms with Crippen molar-refractivity contribution in [2.45, 2.75) is 23.5 Å². The minimum atomic E-state index is -3.75. The molecule has 2 N–H and O–H groups in total. The average molecular weight is 614 g/mol. The van der Waals surface area contributed by atoms with Crippen LogP contribution in [0.1, 0.15) is 11.1 Å². The molecular formula is C29H33BrN4O4S. The molecule has 3 aromatic carbocycles. The van der Waals surface area contributed by atoms with E-state index < -0.39 is 22.2 Å². The maximum Gasteiger partial charge on any atom is 0.240 e. The third kappa shape index (κ3) is 8.60. The van der Waals surface area contributed by atoms with Crippen LogP contribution in [-0.4, -0.2) is 76.5 Å². The molecule has 206 valence electrons. The fraction of sp³-hybridized carbons (Fsp3) is 0.345. The van der Waals surface area contributed by atoms with Crippen LogP contribution in [0.4, 0.5) is 5.69 Å². The van der Waals surface area contributed by atoms with Gasteiger partial charge in [-0.2, -0.15) is 5.26 Å². The number of aliphatic hydroxyl groups excluding tert-OH is 1. The van der Waals surface area contributed by atoms with E-state index in [0.29, 0.717) is 18.5 Å². The number of nitrogens with one attached hydrogen (secondary N) is 1. The van der Waals surface area contributed by atoms with E-state index in [0.717, 1.165) is 41.9 Å². The number of ether oxygens (including phenoxy) is 1. The van der Waals surface area contributed by atoms with Crippen molar-refractivity contribution in [2.75, 3.05) is 50.8 Å². The molecular weight excluding hydrogens is 580 g/mol. The molecule has 2 atom stereocenters. The minimum absolute atomic E-state index is 0.1000. The smallest absolute Gasteiger partial charge is 0.240 e. The van der Waals surface area contributed by atoms with E-state index >= 15 is 0 Å². The molecule has 0 radical (unpaired) electrons. The Morgan fingerprint density at radius 1 is 0.949 bits per heavy atom.